The highest BCUT2D eigenvalue weighted by atomic mass is 32.2. The number of ether oxygens (including phenoxy) is 1. The minimum absolute atomic E-state index is 0.0473. The van der Waals surface area contributed by atoms with Crippen LogP contribution in [0.5, 0.6) is 0 Å². The topological polar surface area (TPSA) is 99.0 Å². The molecule has 0 spiro atoms. The highest BCUT2D eigenvalue weighted by molar-refractivity contribution is 7.99. The van der Waals surface area contributed by atoms with Crippen LogP contribution in [0.25, 0.3) is 22.1 Å². The summed E-state index contributed by atoms with van der Waals surface area (Å²) < 4.78 is 6.89. The molecule has 0 saturated carbocycles. The average molecular weight is 508 g/mol. The fourth-order valence-corrected chi connectivity index (χ4v) is 5.20. The summed E-state index contributed by atoms with van der Waals surface area (Å²) in [6.45, 7) is 4.41. The fourth-order valence-electron chi connectivity index (χ4n) is 3.61. The summed E-state index contributed by atoms with van der Waals surface area (Å²) in [5.74, 6) is 0.408. The molecule has 0 unspecified atom stereocenters. The highest BCUT2D eigenvalue weighted by Crippen LogP contribution is 2.27. The number of benzene rings is 2. The van der Waals surface area contributed by atoms with Crippen LogP contribution in [0.15, 0.2) is 72.4 Å². The molecule has 0 saturated heterocycles. The molecule has 0 fully saturated rings. The summed E-state index contributed by atoms with van der Waals surface area (Å²) in [6, 6.07) is 17.1. The van der Waals surface area contributed by atoms with Crippen molar-refractivity contribution in [3.63, 3.8) is 0 Å². The van der Waals surface area contributed by atoms with Crippen LogP contribution in [0, 0.1) is 0 Å². The van der Waals surface area contributed by atoms with Gasteiger partial charge in [-0.15, -0.1) is 16.8 Å². The van der Waals surface area contributed by atoms with E-state index >= 15 is 0 Å². The molecule has 2 aromatic heterocycles. The molecule has 0 radical (unpaired) electrons. The summed E-state index contributed by atoms with van der Waals surface area (Å²) in [5, 5.41) is 12.7. The van der Waals surface area contributed by atoms with Gasteiger partial charge < -0.3 is 14.6 Å². The standard InChI is InChI=1S/C25H25N5O3S2/c1-3-13-30-20-12-8-7-11-18(20)22-23(30)27-25(29-28-22)35-16-21(31)26-19(24(32)33-2)15-34-14-17-9-5-4-6-10-17/h3-12,19H,1,13-16H2,2H3,(H,26,31)/t19-/m1/s1. The first-order valence-corrected chi connectivity index (χ1v) is 13.1. The van der Waals surface area contributed by atoms with Crippen LogP contribution in [-0.4, -0.2) is 56.3 Å². The molecule has 35 heavy (non-hydrogen) atoms. The van der Waals surface area contributed by atoms with Gasteiger partial charge >= 0.3 is 5.97 Å². The van der Waals surface area contributed by atoms with Gasteiger partial charge in [0.2, 0.25) is 11.1 Å². The van der Waals surface area contributed by atoms with Gasteiger partial charge in [0.05, 0.1) is 18.4 Å². The fraction of sp³-hybridized carbons (Fsp3) is 0.240. The Morgan fingerprint density at radius 2 is 1.91 bits per heavy atom. The lowest BCUT2D eigenvalue weighted by Crippen LogP contribution is -2.44. The predicted octanol–water partition coefficient (Wildman–Crippen LogP) is 3.85. The number of para-hydroxylation sites is 1. The van der Waals surface area contributed by atoms with Gasteiger partial charge in [-0.3, -0.25) is 4.79 Å². The van der Waals surface area contributed by atoms with E-state index in [2.05, 4.69) is 27.1 Å². The van der Waals surface area contributed by atoms with E-state index in [-0.39, 0.29) is 11.7 Å². The number of nitrogens with one attached hydrogen (secondary N) is 1. The third-order valence-electron chi connectivity index (χ3n) is 5.22. The maximum atomic E-state index is 12.6. The van der Waals surface area contributed by atoms with Crippen LogP contribution in [0.3, 0.4) is 0 Å². The number of methoxy groups -OCH3 is 1. The van der Waals surface area contributed by atoms with E-state index in [1.54, 1.807) is 17.8 Å². The molecule has 2 heterocycles. The molecule has 0 aliphatic carbocycles. The molecule has 1 N–H and O–H groups in total. The van der Waals surface area contributed by atoms with Crippen molar-refractivity contribution in [2.45, 2.75) is 23.5 Å². The summed E-state index contributed by atoms with van der Waals surface area (Å²) in [7, 11) is 1.31. The number of hydrogen-bond donors (Lipinski definition) is 1. The molecule has 8 nitrogen and oxygen atoms in total. The van der Waals surface area contributed by atoms with Crippen LogP contribution in [0.4, 0.5) is 0 Å². The number of hydrogen-bond acceptors (Lipinski definition) is 8. The summed E-state index contributed by atoms with van der Waals surface area (Å²) >= 11 is 2.72. The van der Waals surface area contributed by atoms with Gasteiger partial charge in [0.25, 0.3) is 0 Å². The van der Waals surface area contributed by atoms with Crippen LogP contribution in [0.2, 0.25) is 0 Å². The Morgan fingerprint density at radius 1 is 1.14 bits per heavy atom. The van der Waals surface area contributed by atoms with Gasteiger partial charge in [0.1, 0.15) is 11.6 Å². The molecule has 0 bridgehead atoms. The van der Waals surface area contributed by atoms with Crippen LogP contribution >= 0.6 is 23.5 Å². The monoisotopic (exact) mass is 507 g/mol. The molecule has 4 aromatic rings. The van der Waals surface area contributed by atoms with Crippen molar-refractivity contribution in [2.75, 3.05) is 18.6 Å². The van der Waals surface area contributed by atoms with E-state index in [1.807, 2.05) is 59.2 Å². The van der Waals surface area contributed by atoms with E-state index in [0.717, 1.165) is 22.2 Å². The van der Waals surface area contributed by atoms with Crippen molar-refractivity contribution >= 4 is 57.5 Å². The SMILES string of the molecule is C=CCn1c2ccccc2c2nnc(SCC(=O)N[C@H](CSCc3ccccc3)C(=O)OC)nc21. The second kappa shape index (κ2) is 11.9. The first-order chi connectivity index (χ1) is 17.1. The van der Waals surface area contributed by atoms with Crippen molar-refractivity contribution in [2.24, 2.45) is 0 Å². The Morgan fingerprint density at radius 3 is 2.69 bits per heavy atom. The summed E-state index contributed by atoms with van der Waals surface area (Å²) in [4.78, 5) is 29.4. The molecular formula is C25H25N5O3S2. The number of allylic oxidation sites excluding steroid dienone is 1. The van der Waals surface area contributed by atoms with Crippen molar-refractivity contribution in [1.29, 1.82) is 0 Å². The normalized spacial score (nSPS) is 11.9. The quantitative estimate of drug-likeness (QED) is 0.186. The Labute approximate surface area is 211 Å². The Balaban J connectivity index is 1.40. The van der Waals surface area contributed by atoms with Crippen molar-refractivity contribution in [3.8, 4) is 0 Å². The molecule has 0 aliphatic rings. The van der Waals surface area contributed by atoms with Crippen LogP contribution < -0.4 is 5.32 Å². The summed E-state index contributed by atoms with van der Waals surface area (Å²) in [5.41, 5.74) is 3.54. The molecular weight excluding hydrogens is 482 g/mol. The number of fused-ring (bicyclic) bond motifs is 3. The predicted molar refractivity (Wildman–Crippen MR) is 140 cm³/mol. The zero-order chi connectivity index (χ0) is 24.6. The molecule has 2 aromatic carbocycles. The van der Waals surface area contributed by atoms with E-state index in [1.165, 1.54) is 18.9 Å². The number of carbonyl (C=O) groups excluding carboxylic acids is 2. The molecule has 1 atom stereocenters. The van der Waals surface area contributed by atoms with Gasteiger partial charge in [-0.1, -0.05) is 66.4 Å². The van der Waals surface area contributed by atoms with Gasteiger partial charge in [0.15, 0.2) is 5.65 Å². The third-order valence-corrected chi connectivity index (χ3v) is 7.16. The minimum atomic E-state index is -0.738. The highest BCUT2D eigenvalue weighted by Gasteiger charge is 2.22. The number of nitrogens with zero attached hydrogens (tertiary/aromatic N) is 4. The maximum Gasteiger partial charge on any atom is 0.329 e. The molecule has 10 heteroatoms. The lowest BCUT2D eigenvalue weighted by Gasteiger charge is -2.16. The second-order valence-electron chi connectivity index (χ2n) is 7.62. The number of rotatable bonds is 11. The Hall–Kier alpha value is -3.37. The molecule has 4 rings (SSSR count). The molecule has 0 aliphatic heterocycles. The van der Waals surface area contributed by atoms with Crippen molar-refractivity contribution < 1.29 is 14.3 Å². The van der Waals surface area contributed by atoms with Gasteiger partial charge in [-0.25, -0.2) is 9.78 Å². The maximum absolute atomic E-state index is 12.6. The zero-order valence-corrected chi connectivity index (χ0v) is 20.8. The number of carbonyl (C=O) groups is 2. The van der Waals surface area contributed by atoms with E-state index < -0.39 is 12.0 Å². The number of aromatic nitrogens is 4. The van der Waals surface area contributed by atoms with Crippen LogP contribution in [-0.2, 0) is 26.6 Å². The Bertz CT molecular complexity index is 1340. The van der Waals surface area contributed by atoms with Gasteiger partial charge in [0, 0.05) is 23.4 Å². The van der Waals surface area contributed by atoms with E-state index in [9.17, 15) is 9.59 Å². The lowest BCUT2D eigenvalue weighted by atomic mass is 10.2. The first-order valence-electron chi connectivity index (χ1n) is 10.9. The third kappa shape index (κ3) is 6.01. The zero-order valence-electron chi connectivity index (χ0n) is 19.2. The molecule has 1 amide bonds. The number of thioether (sulfide) groups is 2. The average Bonchev–Trinajstić information content (AvgIpc) is 3.20. The van der Waals surface area contributed by atoms with Gasteiger partial charge in [-0.05, 0) is 11.6 Å². The van der Waals surface area contributed by atoms with E-state index in [4.69, 9.17) is 4.74 Å². The number of esters is 1. The smallest absolute Gasteiger partial charge is 0.329 e. The number of amides is 1. The summed E-state index contributed by atoms with van der Waals surface area (Å²) in [6.07, 6.45) is 1.80. The van der Waals surface area contributed by atoms with Crippen LogP contribution in [0.1, 0.15) is 5.56 Å². The lowest BCUT2D eigenvalue weighted by molar-refractivity contribution is -0.144. The first kappa shape index (κ1) is 24.7. The van der Waals surface area contributed by atoms with Crippen molar-refractivity contribution in [3.05, 3.63) is 72.8 Å². The van der Waals surface area contributed by atoms with Gasteiger partial charge in [-0.2, -0.15) is 11.8 Å². The largest absolute Gasteiger partial charge is 0.467 e. The van der Waals surface area contributed by atoms with Crippen molar-refractivity contribution in [1.82, 2.24) is 25.1 Å². The second-order valence-corrected chi connectivity index (χ2v) is 9.59. The molecule has 180 valence electrons. The Kier molecular flexibility index (Phi) is 8.38. The minimum Gasteiger partial charge on any atom is -0.467 e. The van der Waals surface area contributed by atoms with E-state index in [0.29, 0.717) is 28.6 Å².